The summed E-state index contributed by atoms with van der Waals surface area (Å²) < 4.78 is 6.16. The summed E-state index contributed by atoms with van der Waals surface area (Å²) in [4.78, 5) is 0. The summed E-state index contributed by atoms with van der Waals surface area (Å²) in [5.41, 5.74) is 3.53. The van der Waals surface area contributed by atoms with Crippen LogP contribution in [0, 0.1) is 0 Å². The molecular weight excluding hydrogens is 344 g/mol. The molecular formula is C26H26O2. The Morgan fingerprint density at radius 1 is 0.750 bits per heavy atom. The molecule has 2 nitrogen and oxygen atoms in total. The van der Waals surface area contributed by atoms with Crippen molar-refractivity contribution in [2.45, 2.75) is 39.4 Å². The van der Waals surface area contributed by atoms with Gasteiger partial charge in [-0.3, -0.25) is 0 Å². The number of aliphatic hydroxyl groups excluding tert-OH is 1. The highest BCUT2D eigenvalue weighted by atomic mass is 16.5. The number of rotatable bonds is 7. The average molecular weight is 370 g/mol. The van der Waals surface area contributed by atoms with Crippen molar-refractivity contribution in [1.29, 1.82) is 0 Å². The summed E-state index contributed by atoms with van der Waals surface area (Å²) in [5, 5.41) is 14.6. The van der Waals surface area contributed by atoms with Gasteiger partial charge in [-0.25, -0.2) is 0 Å². The highest BCUT2D eigenvalue weighted by molar-refractivity contribution is 6.05. The van der Waals surface area contributed by atoms with Crippen LogP contribution >= 0.6 is 0 Å². The third kappa shape index (κ3) is 3.61. The lowest BCUT2D eigenvalue weighted by atomic mass is 9.90. The number of benzene rings is 4. The Bertz CT molecular complexity index is 1040. The van der Waals surface area contributed by atoms with Gasteiger partial charge < -0.3 is 9.84 Å². The van der Waals surface area contributed by atoms with E-state index in [4.69, 9.17) is 4.74 Å². The zero-order valence-corrected chi connectivity index (χ0v) is 16.3. The molecule has 4 aromatic carbocycles. The monoisotopic (exact) mass is 370 g/mol. The lowest BCUT2D eigenvalue weighted by Gasteiger charge is -2.17. The summed E-state index contributed by atoms with van der Waals surface area (Å²) in [6.07, 6.45) is 3.48. The van der Waals surface area contributed by atoms with Gasteiger partial charge in [0.15, 0.2) is 0 Å². The normalized spacial score (nSPS) is 11.2. The van der Waals surface area contributed by atoms with Gasteiger partial charge in [0.05, 0.1) is 6.61 Å². The zero-order valence-electron chi connectivity index (χ0n) is 16.3. The maximum atomic E-state index is 9.38. The van der Waals surface area contributed by atoms with Crippen molar-refractivity contribution in [2.24, 2.45) is 0 Å². The third-order valence-electron chi connectivity index (χ3n) is 5.40. The van der Waals surface area contributed by atoms with Gasteiger partial charge >= 0.3 is 0 Å². The predicted molar refractivity (Wildman–Crippen MR) is 117 cm³/mol. The molecule has 0 fully saturated rings. The van der Waals surface area contributed by atoms with Gasteiger partial charge in [-0.05, 0) is 57.6 Å². The van der Waals surface area contributed by atoms with Gasteiger partial charge in [0.25, 0.3) is 0 Å². The average Bonchev–Trinajstić information content (AvgIpc) is 2.76. The van der Waals surface area contributed by atoms with Crippen molar-refractivity contribution in [1.82, 2.24) is 0 Å². The van der Waals surface area contributed by atoms with Crippen LogP contribution in [0.2, 0.25) is 0 Å². The van der Waals surface area contributed by atoms with E-state index in [1.54, 1.807) is 0 Å². The molecule has 0 unspecified atom stereocenters. The summed E-state index contributed by atoms with van der Waals surface area (Å²) >= 11 is 0. The fourth-order valence-corrected chi connectivity index (χ4v) is 3.98. The molecule has 0 aliphatic heterocycles. The summed E-state index contributed by atoms with van der Waals surface area (Å²) in [6.45, 7) is 2.77. The van der Waals surface area contributed by atoms with Crippen LogP contribution < -0.4 is 4.74 Å². The number of aryl methyl sites for hydroxylation is 1. The van der Waals surface area contributed by atoms with Crippen molar-refractivity contribution < 1.29 is 9.84 Å². The number of fused-ring (bicyclic) bond motifs is 2. The molecule has 2 heteroatoms. The van der Waals surface area contributed by atoms with E-state index in [2.05, 4.69) is 55.5 Å². The molecule has 0 spiro atoms. The standard InChI is InChI=1S/C26H26O2/c1-2-3-11-21-22-12-4-6-14-24(22)26(25-15-7-5-13-23(21)25)18-28-20-10-8-9-19(16-20)17-27/h4-10,12-16,27H,2-3,11,17-18H2,1H3. The summed E-state index contributed by atoms with van der Waals surface area (Å²) in [6, 6.07) is 25.0. The fourth-order valence-electron chi connectivity index (χ4n) is 3.98. The maximum Gasteiger partial charge on any atom is 0.120 e. The van der Waals surface area contributed by atoms with E-state index < -0.39 is 0 Å². The largest absolute Gasteiger partial charge is 0.489 e. The van der Waals surface area contributed by atoms with E-state index in [0.29, 0.717) is 6.61 Å². The molecule has 0 aromatic heterocycles. The van der Waals surface area contributed by atoms with E-state index in [0.717, 1.165) is 17.7 Å². The van der Waals surface area contributed by atoms with Gasteiger partial charge in [0.2, 0.25) is 0 Å². The first-order chi connectivity index (χ1) is 13.8. The van der Waals surface area contributed by atoms with Crippen LogP contribution in [0.5, 0.6) is 5.75 Å². The molecule has 142 valence electrons. The minimum atomic E-state index is 0.0230. The Balaban J connectivity index is 1.82. The molecule has 0 heterocycles. The van der Waals surface area contributed by atoms with Crippen LogP contribution in [-0.2, 0) is 19.6 Å². The number of unbranched alkanes of at least 4 members (excludes halogenated alkanes) is 1. The van der Waals surface area contributed by atoms with Crippen molar-refractivity contribution in [3.63, 3.8) is 0 Å². The molecule has 0 bridgehead atoms. The van der Waals surface area contributed by atoms with E-state index in [1.165, 1.54) is 45.5 Å². The number of hydrogen-bond acceptors (Lipinski definition) is 2. The second-order valence-electron chi connectivity index (χ2n) is 7.25. The summed E-state index contributed by atoms with van der Waals surface area (Å²) in [7, 11) is 0. The van der Waals surface area contributed by atoms with E-state index in [9.17, 15) is 5.11 Å². The first-order valence-electron chi connectivity index (χ1n) is 10.1. The Labute approximate surface area is 166 Å². The van der Waals surface area contributed by atoms with Crippen LogP contribution in [0.4, 0.5) is 0 Å². The molecule has 0 aliphatic rings. The quantitative estimate of drug-likeness (QED) is 0.381. The Morgan fingerprint density at radius 3 is 1.93 bits per heavy atom. The van der Waals surface area contributed by atoms with Crippen molar-refractivity contribution >= 4 is 21.5 Å². The molecule has 0 amide bonds. The molecule has 0 saturated carbocycles. The number of aliphatic hydroxyl groups is 1. The lowest BCUT2D eigenvalue weighted by Crippen LogP contribution is -2.01. The van der Waals surface area contributed by atoms with Crippen LogP contribution in [-0.4, -0.2) is 5.11 Å². The maximum absolute atomic E-state index is 9.38. The van der Waals surface area contributed by atoms with Gasteiger partial charge in [0.1, 0.15) is 12.4 Å². The van der Waals surface area contributed by atoms with E-state index in [1.807, 2.05) is 24.3 Å². The topological polar surface area (TPSA) is 29.5 Å². The van der Waals surface area contributed by atoms with Gasteiger partial charge in [0, 0.05) is 5.56 Å². The smallest absolute Gasteiger partial charge is 0.120 e. The summed E-state index contributed by atoms with van der Waals surface area (Å²) in [5.74, 6) is 0.787. The molecule has 0 aliphatic carbocycles. The van der Waals surface area contributed by atoms with Crippen molar-refractivity contribution in [2.75, 3.05) is 0 Å². The molecule has 4 rings (SSSR count). The minimum absolute atomic E-state index is 0.0230. The highest BCUT2D eigenvalue weighted by Gasteiger charge is 2.13. The first-order valence-corrected chi connectivity index (χ1v) is 10.1. The van der Waals surface area contributed by atoms with Crippen LogP contribution in [0.1, 0.15) is 36.5 Å². The Kier molecular flexibility index (Phi) is 5.59. The molecule has 1 N–H and O–H groups in total. The third-order valence-corrected chi connectivity index (χ3v) is 5.40. The fraction of sp³-hybridized carbons (Fsp3) is 0.231. The predicted octanol–water partition coefficient (Wildman–Crippen LogP) is 6.41. The Hall–Kier alpha value is -2.84. The van der Waals surface area contributed by atoms with Crippen molar-refractivity contribution in [3.05, 3.63) is 89.5 Å². The second kappa shape index (κ2) is 8.45. The number of hydrogen-bond donors (Lipinski definition) is 1. The second-order valence-corrected chi connectivity index (χ2v) is 7.25. The van der Waals surface area contributed by atoms with Gasteiger partial charge in [-0.15, -0.1) is 0 Å². The van der Waals surface area contributed by atoms with E-state index in [-0.39, 0.29) is 6.61 Å². The van der Waals surface area contributed by atoms with Crippen molar-refractivity contribution in [3.8, 4) is 5.75 Å². The minimum Gasteiger partial charge on any atom is -0.489 e. The Morgan fingerprint density at radius 2 is 1.36 bits per heavy atom. The van der Waals surface area contributed by atoms with Crippen LogP contribution in [0.25, 0.3) is 21.5 Å². The highest BCUT2D eigenvalue weighted by Crippen LogP contribution is 2.34. The van der Waals surface area contributed by atoms with E-state index >= 15 is 0 Å². The molecule has 0 saturated heterocycles. The molecule has 0 atom stereocenters. The van der Waals surface area contributed by atoms with Gasteiger partial charge in [-0.1, -0.05) is 74.0 Å². The zero-order chi connectivity index (χ0) is 19.3. The SMILES string of the molecule is CCCCc1c2ccccc2c(COc2cccc(CO)c2)c2ccccc12. The first kappa shape index (κ1) is 18.5. The molecule has 28 heavy (non-hydrogen) atoms. The van der Waals surface area contributed by atoms with Crippen LogP contribution in [0.3, 0.4) is 0 Å². The van der Waals surface area contributed by atoms with Gasteiger partial charge in [-0.2, -0.15) is 0 Å². The molecule has 4 aromatic rings. The molecule has 0 radical (unpaired) electrons. The lowest BCUT2D eigenvalue weighted by molar-refractivity contribution is 0.278. The van der Waals surface area contributed by atoms with Crippen LogP contribution in [0.15, 0.2) is 72.8 Å². The number of ether oxygens (including phenoxy) is 1.